The fourth-order valence-corrected chi connectivity index (χ4v) is 3.08. The maximum atomic E-state index is 12.5. The minimum absolute atomic E-state index is 0.189. The van der Waals surface area contributed by atoms with E-state index in [2.05, 4.69) is 10.2 Å². The summed E-state index contributed by atoms with van der Waals surface area (Å²) in [6.07, 6.45) is 0.189. The van der Waals surface area contributed by atoms with Gasteiger partial charge in [0.15, 0.2) is 0 Å². The summed E-state index contributed by atoms with van der Waals surface area (Å²) in [4.78, 5) is 28.1. The van der Waals surface area contributed by atoms with Gasteiger partial charge in [0.05, 0.1) is 31.4 Å². The number of anilines is 1. The molecule has 2 amide bonds. The molecule has 0 aliphatic carbocycles. The Morgan fingerprint density at radius 1 is 1.26 bits per heavy atom. The summed E-state index contributed by atoms with van der Waals surface area (Å²) in [5.74, 6) is -0.402. The number of imide groups is 1. The highest BCUT2D eigenvalue weighted by atomic mass is 35.5. The molecule has 3 rings (SSSR count). The van der Waals surface area contributed by atoms with Crippen molar-refractivity contribution in [3.05, 3.63) is 29.3 Å². The molecule has 2 aliphatic rings. The summed E-state index contributed by atoms with van der Waals surface area (Å²) in [6, 6.07) is 6.35. The number of nitrogens with zero attached hydrogens (tertiary/aromatic N) is 2. The van der Waals surface area contributed by atoms with Crippen molar-refractivity contribution in [3.8, 4) is 0 Å². The zero-order chi connectivity index (χ0) is 16.2. The van der Waals surface area contributed by atoms with Gasteiger partial charge in [-0.2, -0.15) is 0 Å². The fourth-order valence-electron chi connectivity index (χ4n) is 2.90. The molecule has 2 heterocycles. The van der Waals surface area contributed by atoms with Crippen LogP contribution in [-0.2, 0) is 14.3 Å². The Balaban J connectivity index is 1.55. The highest BCUT2D eigenvalue weighted by Crippen LogP contribution is 2.25. The molecule has 0 saturated carbocycles. The van der Waals surface area contributed by atoms with Gasteiger partial charge in [0, 0.05) is 31.2 Å². The molecule has 0 spiro atoms. The van der Waals surface area contributed by atoms with Crippen molar-refractivity contribution in [2.75, 3.05) is 44.3 Å². The molecule has 0 radical (unpaired) electrons. The summed E-state index contributed by atoms with van der Waals surface area (Å²) in [5.41, 5.74) is 0.532. The van der Waals surface area contributed by atoms with Gasteiger partial charge in [-0.15, -0.1) is 0 Å². The van der Waals surface area contributed by atoms with Crippen LogP contribution < -0.4 is 10.2 Å². The molecule has 1 N–H and O–H groups in total. The number of morpholine rings is 1. The van der Waals surface area contributed by atoms with Crippen molar-refractivity contribution in [2.45, 2.75) is 12.5 Å². The molecule has 1 aromatic rings. The van der Waals surface area contributed by atoms with E-state index in [4.69, 9.17) is 16.3 Å². The fraction of sp³-hybridized carbons (Fsp3) is 0.500. The molecule has 0 bridgehead atoms. The summed E-state index contributed by atoms with van der Waals surface area (Å²) in [7, 11) is 0. The number of nitrogens with one attached hydrogen (secondary N) is 1. The lowest BCUT2D eigenvalue weighted by Gasteiger charge is -2.27. The largest absolute Gasteiger partial charge is 0.379 e. The van der Waals surface area contributed by atoms with E-state index >= 15 is 0 Å². The zero-order valence-electron chi connectivity index (χ0n) is 12.8. The maximum Gasteiger partial charge on any atom is 0.251 e. The topological polar surface area (TPSA) is 61.9 Å². The minimum Gasteiger partial charge on any atom is -0.379 e. The quantitative estimate of drug-likeness (QED) is 0.809. The van der Waals surface area contributed by atoms with E-state index in [9.17, 15) is 9.59 Å². The lowest BCUT2D eigenvalue weighted by Crippen LogP contribution is -2.44. The first-order chi connectivity index (χ1) is 11.1. The minimum atomic E-state index is -0.456. The number of carbonyl (C=O) groups is 2. The van der Waals surface area contributed by atoms with Gasteiger partial charge < -0.3 is 10.1 Å². The van der Waals surface area contributed by atoms with Crippen molar-refractivity contribution in [1.29, 1.82) is 0 Å². The van der Waals surface area contributed by atoms with Crippen molar-refractivity contribution >= 4 is 29.1 Å². The smallest absolute Gasteiger partial charge is 0.251 e. The van der Waals surface area contributed by atoms with Gasteiger partial charge in [-0.3, -0.25) is 14.5 Å². The molecule has 23 heavy (non-hydrogen) atoms. The molecule has 0 aromatic heterocycles. The Morgan fingerprint density at radius 3 is 2.78 bits per heavy atom. The van der Waals surface area contributed by atoms with E-state index in [0.29, 0.717) is 17.3 Å². The van der Waals surface area contributed by atoms with Gasteiger partial charge >= 0.3 is 0 Å². The summed E-state index contributed by atoms with van der Waals surface area (Å²) in [6.45, 7) is 4.85. The standard InChI is InChI=1S/C16H20ClN3O3/c17-12-2-1-3-13(10-12)20-15(21)11-14(16(20)22)18-4-5-19-6-8-23-9-7-19/h1-3,10,14,18H,4-9,11H2/t14-/m0/s1. The van der Waals surface area contributed by atoms with Crippen LogP contribution in [0.2, 0.25) is 5.02 Å². The third-order valence-electron chi connectivity index (χ3n) is 4.14. The molecule has 2 saturated heterocycles. The summed E-state index contributed by atoms with van der Waals surface area (Å²) in [5, 5.41) is 3.70. The molecule has 7 heteroatoms. The molecular weight excluding hydrogens is 318 g/mol. The Labute approximate surface area is 140 Å². The van der Waals surface area contributed by atoms with E-state index in [1.54, 1.807) is 24.3 Å². The average molecular weight is 338 g/mol. The monoisotopic (exact) mass is 337 g/mol. The number of halogens is 1. The second-order valence-electron chi connectivity index (χ2n) is 5.71. The molecule has 124 valence electrons. The molecule has 2 fully saturated rings. The Bertz CT molecular complexity index is 590. The molecule has 6 nitrogen and oxygen atoms in total. The number of ether oxygens (including phenoxy) is 1. The van der Waals surface area contributed by atoms with Gasteiger partial charge in [-0.25, -0.2) is 4.90 Å². The van der Waals surface area contributed by atoms with Crippen LogP contribution in [0.5, 0.6) is 0 Å². The first-order valence-corrected chi connectivity index (χ1v) is 8.19. The number of carbonyl (C=O) groups excluding carboxylic acids is 2. The first-order valence-electron chi connectivity index (χ1n) is 7.81. The number of benzene rings is 1. The van der Waals surface area contributed by atoms with Crippen molar-refractivity contribution in [1.82, 2.24) is 10.2 Å². The van der Waals surface area contributed by atoms with Crippen LogP contribution in [0, 0.1) is 0 Å². The number of amides is 2. The molecule has 0 unspecified atom stereocenters. The van der Waals surface area contributed by atoms with Gasteiger partial charge in [0.1, 0.15) is 0 Å². The zero-order valence-corrected chi connectivity index (χ0v) is 13.6. The van der Waals surface area contributed by atoms with E-state index in [0.717, 1.165) is 32.8 Å². The number of hydrogen-bond donors (Lipinski definition) is 1. The second kappa shape index (κ2) is 7.40. The van der Waals surface area contributed by atoms with E-state index < -0.39 is 6.04 Å². The lowest BCUT2D eigenvalue weighted by atomic mass is 10.2. The third-order valence-corrected chi connectivity index (χ3v) is 4.37. The highest BCUT2D eigenvalue weighted by molar-refractivity contribution is 6.31. The Morgan fingerprint density at radius 2 is 2.04 bits per heavy atom. The van der Waals surface area contributed by atoms with Crippen molar-refractivity contribution in [3.63, 3.8) is 0 Å². The van der Waals surface area contributed by atoms with Crippen LogP contribution in [0.25, 0.3) is 0 Å². The predicted molar refractivity (Wildman–Crippen MR) is 87.6 cm³/mol. The van der Waals surface area contributed by atoms with Crippen LogP contribution in [0.4, 0.5) is 5.69 Å². The second-order valence-corrected chi connectivity index (χ2v) is 6.15. The van der Waals surface area contributed by atoms with Crippen LogP contribution in [0.1, 0.15) is 6.42 Å². The van der Waals surface area contributed by atoms with Crippen LogP contribution in [0.15, 0.2) is 24.3 Å². The van der Waals surface area contributed by atoms with Crippen LogP contribution >= 0.6 is 11.6 Å². The van der Waals surface area contributed by atoms with Gasteiger partial charge in [0.25, 0.3) is 5.91 Å². The predicted octanol–water partition coefficient (Wildman–Crippen LogP) is 0.894. The van der Waals surface area contributed by atoms with E-state index in [1.807, 2.05) is 0 Å². The average Bonchev–Trinajstić information content (AvgIpc) is 2.82. The Hall–Kier alpha value is -1.47. The molecular formula is C16H20ClN3O3. The Kier molecular flexibility index (Phi) is 5.27. The third kappa shape index (κ3) is 3.90. The van der Waals surface area contributed by atoms with Crippen molar-refractivity contribution < 1.29 is 14.3 Å². The van der Waals surface area contributed by atoms with Gasteiger partial charge in [-0.05, 0) is 18.2 Å². The summed E-state index contributed by atoms with van der Waals surface area (Å²) >= 11 is 5.94. The summed E-state index contributed by atoms with van der Waals surface area (Å²) < 4.78 is 5.30. The van der Waals surface area contributed by atoms with Crippen LogP contribution in [-0.4, -0.2) is 62.1 Å². The normalized spacial score (nSPS) is 22.8. The van der Waals surface area contributed by atoms with Gasteiger partial charge in [-0.1, -0.05) is 17.7 Å². The van der Waals surface area contributed by atoms with E-state index in [-0.39, 0.29) is 18.2 Å². The SMILES string of the molecule is O=C1C[C@H](NCCN2CCOCC2)C(=O)N1c1cccc(Cl)c1. The molecule has 1 aromatic carbocycles. The molecule has 2 aliphatic heterocycles. The first kappa shape index (κ1) is 16.4. The molecule has 1 atom stereocenters. The van der Waals surface area contributed by atoms with Crippen molar-refractivity contribution in [2.24, 2.45) is 0 Å². The lowest BCUT2D eigenvalue weighted by molar-refractivity contribution is -0.121. The highest BCUT2D eigenvalue weighted by Gasteiger charge is 2.39. The number of hydrogen-bond acceptors (Lipinski definition) is 5. The number of rotatable bonds is 5. The van der Waals surface area contributed by atoms with E-state index in [1.165, 1.54) is 4.90 Å². The van der Waals surface area contributed by atoms with Crippen LogP contribution in [0.3, 0.4) is 0 Å². The maximum absolute atomic E-state index is 12.5. The van der Waals surface area contributed by atoms with Gasteiger partial charge in [0.2, 0.25) is 5.91 Å².